The first-order chi connectivity index (χ1) is 9.56. The van der Waals surface area contributed by atoms with Crippen LogP contribution in [0.2, 0.25) is 0 Å². The van der Waals surface area contributed by atoms with E-state index in [2.05, 4.69) is 4.98 Å². The molecular formula is C14H19N3O3. The first-order valence-corrected chi connectivity index (χ1v) is 6.71. The highest BCUT2D eigenvalue weighted by atomic mass is 16.5. The van der Waals surface area contributed by atoms with E-state index >= 15 is 0 Å². The molecule has 0 bridgehead atoms. The van der Waals surface area contributed by atoms with Crippen molar-refractivity contribution in [3.05, 3.63) is 23.5 Å². The molecule has 0 aliphatic carbocycles. The number of carbonyl (C=O) groups is 2. The Morgan fingerprint density at radius 1 is 1.60 bits per heavy atom. The van der Waals surface area contributed by atoms with Crippen molar-refractivity contribution in [3.8, 4) is 0 Å². The number of aromatic nitrogens is 1. The number of hydrogen-bond acceptors (Lipinski definition) is 5. The second kappa shape index (κ2) is 6.00. The SMILES string of the molecule is CCOC(=O)c1cnc(C)c(N2CC(CN)CC2=O)c1. The van der Waals surface area contributed by atoms with E-state index in [9.17, 15) is 9.59 Å². The van der Waals surface area contributed by atoms with Crippen LogP contribution in [0.5, 0.6) is 0 Å². The van der Waals surface area contributed by atoms with Gasteiger partial charge in [-0.25, -0.2) is 4.79 Å². The second-order valence-electron chi connectivity index (χ2n) is 4.86. The van der Waals surface area contributed by atoms with E-state index in [1.807, 2.05) is 6.92 Å². The molecule has 0 radical (unpaired) electrons. The van der Waals surface area contributed by atoms with E-state index in [-0.39, 0.29) is 11.8 Å². The summed E-state index contributed by atoms with van der Waals surface area (Å²) in [5.41, 5.74) is 7.36. The lowest BCUT2D eigenvalue weighted by Crippen LogP contribution is -2.27. The molecule has 6 nitrogen and oxygen atoms in total. The minimum Gasteiger partial charge on any atom is -0.462 e. The van der Waals surface area contributed by atoms with Crippen LogP contribution >= 0.6 is 0 Å². The van der Waals surface area contributed by atoms with E-state index in [4.69, 9.17) is 10.5 Å². The fraction of sp³-hybridized carbons (Fsp3) is 0.500. The number of pyridine rings is 1. The summed E-state index contributed by atoms with van der Waals surface area (Å²) in [6.07, 6.45) is 1.91. The number of amides is 1. The molecule has 2 heterocycles. The van der Waals surface area contributed by atoms with Gasteiger partial charge >= 0.3 is 5.97 Å². The van der Waals surface area contributed by atoms with Crippen molar-refractivity contribution >= 4 is 17.6 Å². The Morgan fingerprint density at radius 3 is 2.95 bits per heavy atom. The number of nitrogens with zero attached hydrogens (tertiary/aromatic N) is 2. The topological polar surface area (TPSA) is 85.5 Å². The van der Waals surface area contributed by atoms with Crippen LogP contribution in [0.25, 0.3) is 0 Å². The number of anilines is 1. The molecule has 1 aliphatic heterocycles. The van der Waals surface area contributed by atoms with Gasteiger partial charge in [-0.2, -0.15) is 0 Å². The van der Waals surface area contributed by atoms with Gasteiger partial charge in [-0.15, -0.1) is 0 Å². The zero-order valence-electron chi connectivity index (χ0n) is 11.8. The van der Waals surface area contributed by atoms with E-state index in [0.29, 0.717) is 43.1 Å². The monoisotopic (exact) mass is 277 g/mol. The summed E-state index contributed by atoms with van der Waals surface area (Å²) in [5, 5.41) is 0. The Balaban J connectivity index is 2.29. The second-order valence-corrected chi connectivity index (χ2v) is 4.86. The molecule has 20 heavy (non-hydrogen) atoms. The number of esters is 1. The highest BCUT2D eigenvalue weighted by molar-refractivity contribution is 5.98. The van der Waals surface area contributed by atoms with Crippen molar-refractivity contribution in [2.24, 2.45) is 11.7 Å². The van der Waals surface area contributed by atoms with Crippen LogP contribution in [-0.4, -0.2) is 36.6 Å². The number of aryl methyl sites for hydroxylation is 1. The van der Waals surface area contributed by atoms with Gasteiger partial charge in [0.1, 0.15) is 0 Å². The van der Waals surface area contributed by atoms with Gasteiger partial charge in [0, 0.05) is 19.2 Å². The van der Waals surface area contributed by atoms with Gasteiger partial charge in [0.15, 0.2) is 0 Å². The normalized spacial score (nSPS) is 18.4. The summed E-state index contributed by atoms with van der Waals surface area (Å²) >= 11 is 0. The average Bonchev–Trinajstić information content (AvgIpc) is 2.81. The van der Waals surface area contributed by atoms with Crippen LogP contribution in [0.4, 0.5) is 5.69 Å². The van der Waals surface area contributed by atoms with Crippen LogP contribution in [0.1, 0.15) is 29.4 Å². The van der Waals surface area contributed by atoms with E-state index < -0.39 is 5.97 Å². The molecule has 1 fully saturated rings. The fourth-order valence-electron chi connectivity index (χ4n) is 2.29. The molecule has 1 aliphatic rings. The van der Waals surface area contributed by atoms with E-state index in [1.54, 1.807) is 17.9 Å². The maximum atomic E-state index is 12.0. The van der Waals surface area contributed by atoms with Crippen molar-refractivity contribution < 1.29 is 14.3 Å². The van der Waals surface area contributed by atoms with Crippen LogP contribution in [-0.2, 0) is 9.53 Å². The van der Waals surface area contributed by atoms with Crippen LogP contribution in [0.3, 0.4) is 0 Å². The van der Waals surface area contributed by atoms with Gasteiger partial charge in [0.25, 0.3) is 0 Å². The van der Waals surface area contributed by atoms with Crippen molar-refractivity contribution in [3.63, 3.8) is 0 Å². The molecule has 1 amide bonds. The van der Waals surface area contributed by atoms with Gasteiger partial charge in [-0.05, 0) is 32.4 Å². The van der Waals surface area contributed by atoms with Crippen molar-refractivity contribution in [2.45, 2.75) is 20.3 Å². The smallest absolute Gasteiger partial charge is 0.339 e. The Bertz CT molecular complexity index is 530. The zero-order chi connectivity index (χ0) is 14.7. The quantitative estimate of drug-likeness (QED) is 0.826. The Hall–Kier alpha value is -1.95. The first-order valence-electron chi connectivity index (χ1n) is 6.71. The predicted octanol–water partition coefficient (Wildman–Crippen LogP) is 0.878. The Kier molecular flexibility index (Phi) is 4.34. The van der Waals surface area contributed by atoms with Gasteiger partial charge in [-0.1, -0.05) is 0 Å². The minimum atomic E-state index is -0.428. The lowest BCUT2D eigenvalue weighted by molar-refractivity contribution is -0.117. The minimum absolute atomic E-state index is 0.0198. The lowest BCUT2D eigenvalue weighted by atomic mass is 10.1. The van der Waals surface area contributed by atoms with Gasteiger partial charge < -0.3 is 15.4 Å². The molecule has 2 rings (SSSR count). The number of ether oxygens (including phenoxy) is 1. The maximum absolute atomic E-state index is 12.0. The molecule has 0 spiro atoms. The molecule has 1 aromatic rings. The molecule has 0 saturated carbocycles. The standard InChI is InChI=1S/C14H19N3O3/c1-3-20-14(19)11-5-12(9(2)16-7-11)17-8-10(6-15)4-13(17)18/h5,7,10H,3-4,6,8,15H2,1-2H3. The van der Waals surface area contributed by atoms with E-state index in [0.717, 1.165) is 0 Å². The van der Waals surface area contributed by atoms with Gasteiger partial charge in [0.2, 0.25) is 5.91 Å². The van der Waals surface area contributed by atoms with Crippen LogP contribution < -0.4 is 10.6 Å². The third kappa shape index (κ3) is 2.80. The lowest BCUT2D eigenvalue weighted by Gasteiger charge is -2.19. The summed E-state index contributed by atoms with van der Waals surface area (Å²) in [6.45, 7) is 4.92. The first kappa shape index (κ1) is 14.5. The number of carbonyl (C=O) groups excluding carboxylic acids is 2. The molecule has 108 valence electrons. The number of hydrogen-bond donors (Lipinski definition) is 1. The molecule has 1 aromatic heterocycles. The fourth-order valence-corrected chi connectivity index (χ4v) is 2.29. The number of nitrogens with two attached hydrogens (primary N) is 1. The van der Waals surface area contributed by atoms with Gasteiger partial charge in [0.05, 0.1) is 23.6 Å². The average molecular weight is 277 g/mol. The predicted molar refractivity (Wildman–Crippen MR) is 74.4 cm³/mol. The summed E-state index contributed by atoms with van der Waals surface area (Å²) in [7, 11) is 0. The largest absolute Gasteiger partial charge is 0.462 e. The van der Waals surface area contributed by atoms with E-state index in [1.165, 1.54) is 6.20 Å². The molecule has 1 atom stereocenters. The third-order valence-electron chi connectivity index (χ3n) is 3.40. The van der Waals surface area contributed by atoms with Crippen LogP contribution in [0.15, 0.2) is 12.3 Å². The summed E-state index contributed by atoms with van der Waals surface area (Å²) < 4.78 is 4.95. The summed E-state index contributed by atoms with van der Waals surface area (Å²) in [4.78, 5) is 29.6. The van der Waals surface area contributed by atoms with Crippen molar-refractivity contribution in [1.82, 2.24) is 4.98 Å². The van der Waals surface area contributed by atoms with Crippen LogP contribution in [0, 0.1) is 12.8 Å². The Labute approximate surface area is 117 Å². The zero-order valence-corrected chi connectivity index (χ0v) is 11.8. The molecule has 1 saturated heterocycles. The molecular weight excluding hydrogens is 258 g/mol. The van der Waals surface area contributed by atoms with Crippen molar-refractivity contribution in [2.75, 3.05) is 24.6 Å². The Morgan fingerprint density at radius 2 is 2.35 bits per heavy atom. The molecule has 2 N–H and O–H groups in total. The summed E-state index contributed by atoms with van der Waals surface area (Å²) in [6, 6.07) is 1.66. The van der Waals surface area contributed by atoms with Crippen molar-refractivity contribution in [1.29, 1.82) is 0 Å². The summed E-state index contributed by atoms with van der Waals surface area (Å²) in [5.74, 6) is -0.247. The highest BCUT2D eigenvalue weighted by Crippen LogP contribution is 2.27. The molecule has 1 unspecified atom stereocenters. The van der Waals surface area contributed by atoms with Gasteiger partial charge in [-0.3, -0.25) is 9.78 Å². The molecule has 6 heteroatoms. The highest BCUT2D eigenvalue weighted by Gasteiger charge is 2.31. The maximum Gasteiger partial charge on any atom is 0.339 e. The third-order valence-corrected chi connectivity index (χ3v) is 3.40. The number of rotatable bonds is 4. The molecule has 0 aromatic carbocycles.